The van der Waals surface area contributed by atoms with E-state index in [9.17, 15) is 4.39 Å². The Kier molecular flexibility index (Phi) is 3.85. The molecule has 2 unspecified atom stereocenters. The first kappa shape index (κ1) is 13.1. The van der Waals surface area contributed by atoms with Crippen molar-refractivity contribution in [3.8, 4) is 0 Å². The lowest BCUT2D eigenvalue weighted by molar-refractivity contribution is 0.251. The van der Waals surface area contributed by atoms with Gasteiger partial charge in [0.25, 0.3) is 0 Å². The van der Waals surface area contributed by atoms with Crippen LogP contribution in [0.2, 0.25) is 0 Å². The second kappa shape index (κ2) is 5.59. The van der Waals surface area contributed by atoms with Crippen LogP contribution in [-0.2, 0) is 0 Å². The summed E-state index contributed by atoms with van der Waals surface area (Å²) in [4.78, 5) is 2.52. The number of rotatable bonds is 5. The molecule has 1 aromatic carbocycles. The fraction of sp³-hybridized carbons (Fsp3) is 0.625. The Bertz CT molecular complexity index is 413. The van der Waals surface area contributed by atoms with E-state index in [1.165, 1.54) is 24.8 Å². The molecule has 2 aliphatic rings. The van der Waals surface area contributed by atoms with Gasteiger partial charge in [-0.1, -0.05) is 12.1 Å². The third kappa shape index (κ3) is 3.34. The van der Waals surface area contributed by atoms with Crippen LogP contribution in [0.1, 0.15) is 37.8 Å². The minimum Gasteiger partial charge on any atom is -0.314 e. The standard InChI is InChI=1S/C16H23FN2/c1-12(14-2-4-15(17)5-3-14)19-9-8-13(11-19)10-18-16-6-7-16/h2-5,12-13,16,18H,6-11H2,1H3. The van der Waals surface area contributed by atoms with Gasteiger partial charge in [-0.2, -0.15) is 0 Å². The molecular formula is C16H23FN2. The van der Waals surface area contributed by atoms with Crippen LogP contribution in [0.4, 0.5) is 4.39 Å². The number of nitrogens with one attached hydrogen (secondary N) is 1. The normalized spacial score (nSPS) is 25.7. The Hall–Kier alpha value is -0.930. The number of nitrogens with zero attached hydrogens (tertiary/aromatic N) is 1. The predicted molar refractivity (Wildman–Crippen MR) is 75.5 cm³/mol. The van der Waals surface area contributed by atoms with E-state index in [0.717, 1.165) is 31.6 Å². The summed E-state index contributed by atoms with van der Waals surface area (Å²) in [6.45, 7) is 5.72. The molecule has 2 atom stereocenters. The summed E-state index contributed by atoms with van der Waals surface area (Å²) < 4.78 is 12.9. The van der Waals surface area contributed by atoms with E-state index in [-0.39, 0.29) is 5.82 Å². The Balaban J connectivity index is 1.52. The molecule has 3 heteroatoms. The summed E-state index contributed by atoms with van der Waals surface area (Å²) in [5.74, 6) is 0.632. The largest absolute Gasteiger partial charge is 0.314 e. The molecule has 104 valence electrons. The van der Waals surface area contributed by atoms with Crippen LogP contribution in [0.25, 0.3) is 0 Å². The molecule has 19 heavy (non-hydrogen) atoms. The summed E-state index contributed by atoms with van der Waals surface area (Å²) >= 11 is 0. The highest BCUT2D eigenvalue weighted by molar-refractivity contribution is 5.19. The van der Waals surface area contributed by atoms with Crippen LogP contribution >= 0.6 is 0 Å². The van der Waals surface area contributed by atoms with E-state index in [0.29, 0.717) is 6.04 Å². The number of halogens is 1. The van der Waals surface area contributed by atoms with Crippen molar-refractivity contribution in [2.75, 3.05) is 19.6 Å². The Morgan fingerprint density at radius 1 is 1.26 bits per heavy atom. The molecule has 1 saturated carbocycles. The maximum absolute atomic E-state index is 12.9. The molecule has 1 aliphatic carbocycles. The van der Waals surface area contributed by atoms with Gasteiger partial charge in [0.15, 0.2) is 0 Å². The third-order valence-electron chi connectivity index (χ3n) is 4.49. The van der Waals surface area contributed by atoms with Gasteiger partial charge in [0.1, 0.15) is 5.82 Å². The number of benzene rings is 1. The molecule has 3 rings (SSSR count). The Morgan fingerprint density at radius 3 is 2.68 bits per heavy atom. The average Bonchev–Trinajstić information content (AvgIpc) is 3.13. The van der Waals surface area contributed by atoms with Crippen LogP contribution in [0.15, 0.2) is 24.3 Å². The first-order valence-electron chi connectivity index (χ1n) is 7.45. The molecule has 2 nitrogen and oxygen atoms in total. The third-order valence-corrected chi connectivity index (χ3v) is 4.49. The topological polar surface area (TPSA) is 15.3 Å². The summed E-state index contributed by atoms with van der Waals surface area (Å²) in [7, 11) is 0. The zero-order valence-electron chi connectivity index (χ0n) is 11.6. The zero-order valence-corrected chi connectivity index (χ0v) is 11.6. The number of likely N-dealkylation sites (tertiary alicyclic amines) is 1. The highest BCUT2D eigenvalue weighted by Crippen LogP contribution is 2.28. The lowest BCUT2D eigenvalue weighted by atomic mass is 10.1. The predicted octanol–water partition coefficient (Wildman–Crippen LogP) is 2.96. The Labute approximate surface area is 115 Å². The van der Waals surface area contributed by atoms with Crippen molar-refractivity contribution in [3.05, 3.63) is 35.6 Å². The second-order valence-corrected chi connectivity index (χ2v) is 6.06. The van der Waals surface area contributed by atoms with Crippen molar-refractivity contribution in [2.24, 2.45) is 5.92 Å². The van der Waals surface area contributed by atoms with Crippen LogP contribution in [-0.4, -0.2) is 30.6 Å². The molecule has 0 bridgehead atoms. The van der Waals surface area contributed by atoms with E-state index in [2.05, 4.69) is 17.1 Å². The van der Waals surface area contributed by atoms with Crippen LogP contribution < -0.4 is 5.32 Å². The van der Waals surface area contributed by atoms with Gasteiger partial charge in [0.2, 0.25) is 0 Å². The van der Waals surface area contributed by atoms with Crippen molar-refractivity contribution in [1.82, 2.24) is 10.2 Å². The lowest BCUT2D eigenvalue weighted by Gasteiger charge is -2.25. The summed E-state index contributed by atoms with van der Waals surface area (Å²) in [5, 5.41) is 3.63. The SMILES string of the molecule is CC(c1ccc(F)cc1)N1CCC(CNC2CC2)C1. The van der Waals surface area contributed by atoms with Gasteiger partial charge in [-0.3, -0.25) is 4.90 Å². The van der Waals surface area contributed by atoms with Crippen molar-refractivity contribution in [3.63, 3.8) is 0 Å². The summed E-state index contributed by atoms with van der Waals surface area (Å²) in [6, 6.07) is 8.16. The van der Waals surface area contributed by atoms with Gasteiger partial charge >= 0.3 is 0 Å². The van der Waals surface area contributed by atoms with Gasteiger partial charge in [0.05, 0.1) is 0 Å². The first-order chi connectivity index (χ1) is 9.22. The van der Waals surface area contributed by atoms with Gasteiger partial charge in [-0.25, -0.2) is 4.39 Å². The summed E-state index contributed by atoms with van der Waals surface area (Å²) in [6.07, 6.45) is 4.01. The van der Waals surface area contributed by atoms with E-state index < -0.39 is 0 Å². The highest BCUT2D eigenvalue weighted by Gasteiger charge is 2.28. The maximum atomic E-state index is 12.9. The molecule has 1 aromatic rings. The van der Waals surface area contributed by atoms with Crippen molar-refractivity contribution >= 4 is 0 Å². The molecule has 0 spiro atoms. The molecule has 0 amide bonds. The Morgan fingerprint density at radius 2 is 2.00 bits per heavy atom. The van der Waals surface area contributed by atoms with E-state index in [4.69, 9.17) is 0 Å². The smallest absolute Gasteiger partial charge is 0.123 e. The molecule has 2 fully saturated rings. The van der Waals surface area contributed by atoms with Crippen LogP contribution in [0.3, 0.4) is 0 Å². The average molecular weight is 262 g/mol. The molecule has 0 radical (unpaired) electrons. The number of hydrogen-bond donors (Lipinski definition) is 1. The molecule has 1 N–H and O–H groups in total. The summed E-state index contributed by atoms with van der Waals surface area (Å²) in [5.41, 5.74) is 1.22. The fourth-order valence-corrected chi connectivity index (χ4v) is 2.95. The van der Waals surface area contributed by atoms with Gasteiger partial charge in [-0.05, 0) is 62.9 Å². The minimum absolute atomic E-state index is 0.149. The van der Waals surface area contributed by atoms with Crippen molar-refractivity contribution in [2.45, 2.75) is 38.3 Å². The van der Waals surface area contributed by atoms with Crippen molar-refractivity contribution < 1.29 is 4.39 Å². The molecule has 0 aromatic heterocycles. The monoisotopic (exact) mass is 262 g/mol. The van der Waals surface area contributed by atoms with Gasteiger partial charge < -0.3 is 5.32 Å². The molecular weight excluding hydrogens is 239 g/mol. The second-order valence-electron chi connectivity index (χ2n) is 6.06. The molecule has 1 heterocycles. The van der Waals surface area contributed by atoms with E-state index in [1.54, 1.807) is 12.1 Å². The van der Waals surface area contributed by atoms with Crippen LogP contribution in [0.5, 0.6) is 0 Å². The van der Waals surface area contributed by atoms with Crippen molar-refractivity contribution in [1.29, 1.82) is 0 Å². The highest BCUT2D eigenvalue weighted by atomic mass is 19.1. The fourth-order valence-electron chi connectivity index (χ4n) is 2.95. The van der Waals surface area contributed by atoms with Gasteiger partial charge in [-0.15, -0.1) is 0 Å². The zero-order chi connectivity index (χ0) is 13.2. The number of hydrogen-bond acceptors (Lipinski definition) is 2. The minimum atomic E-state index is -0.149. The maximum Gasteiger partial charge on any atom is 0.123 e. The lowest BCUT2D eigenvalue weighted by Crippen LogP contribution is -2.29. The quantitative estimate of drug-likeness (QED) is 0.877. The van der Waals surface area contributed by atoms with E-state index >= 15 is 0 Å². The van der Waals surface area contributed by atoms with Gasteiger partial charge in [0, 0.05) is 18.6 Å². The first-order valence-corrected chi connectivity index (χ1v) is 7.45. The van der Waals surface area contributed by atoms with Crippen LogP contribution in [0, 0.1) is 11.7 Å². The molecule has 1 aliphatic heterocycles. The molecule has 1 saturated heterocycles. The van der Waals surface area contributed by atoms with E-state index in [1.807, 2.05) is 12.1 Å².